The number of carbonyl (C=O) groups excluding carboxylic acids is 1. The average molecular weight is 541 g/mol. The number of benzene rings is 3. The van der Waals surface area contributed by atoms with Crippen molar-refractivity contribution < 1.29 is 14.5 Å². The fourth-order valence-electron chi connectivity index (χ4n) is 5.45. The fourth-order valence-corrected chi connectivity index (χ4v) is 5.62. The summed E-state index contributed by atoms with van der Waals surface area (Å²) in [4.78, 5) is 27.0. The van der Waals surface area contributed by atoms with E-state index in [0.717, 1.165) is 5.56 Å². The maximum atomic E-state index is 13.9. The van der Waals surface area contributed by atoms with Crippen LogP contribution in [0.25, 0.3) is 0 Å². The molecule has 196 valence electrons. The molecule has 1 aliphatic carbocycles. The van der Waals surface area contributed by atoms with Crippen LogP contribution in [-0.4, -0.2) is 17.3 Å². The van der Waals surface area contributed by atoms with E-state index in [1.807, 2.05) is 49.4 Å². The molecule has 3 aromatic carbocycles. The molecular formula is C30H25ClN4O4. The smallest absolute Gasteiger partial charge is 0.294 e. The Kier molecular flexibility index (Phi) is 7.09. The minimum absolute atomic E-state index is 0.0436. The maximum absolute atomic E-state index is 13.9. The predicted octanol–water partition coefficient (Wildman–Crippen LogP) is 6.35. The molecule has 0 spiro atoms. The molecule has 2 N–H and O–H groups in total. The third kappa shape index (κ3) is 4.73. The second-order valence-electron chi connectivity index (χ2n) is 9.37. The maximum Gasteiger partial charge on any atom is 0.294 e. The summed E-state index contributed by atoms with van der Waals surface area (Å²) in [7, 11) is 0. The van der Waals surface area contributed by atoms with Crippen LogP contribution >= 0.6 is 11.6 Å². The molecule has 39 heavy (non-hydrogen) atoms. The molecule has 2 aliphatic rings. The molecule has 0 saturated carbocycles. The van der Waals surface area contributed by atoms with Crippen LogP contribution in [0.5, 0.6) is 5.75 Å². The van der Waals surface area contributed by atoms with Crippen LogP contribution in [-0.2, 0) is 4.79 Å². The second-order valence-corrected chi connectivity index (χ2v) is 9.81. The van der Waals surface area contributed by atoms with E-state index in [2.05, 4.69) is 6.07 Å². The van der Waals surface area contributed by atoms with Crippen molar-refractivity contribution in [1.29, 1.82) is 5.26 Å². The van der Waals surface area contributed by atoms with Gasteiger partial charge in [0.1, 0.15) is 17.3 Å². The quantitative estimate of drug-likeness (QED) is 0.285. The van der Waals surface area contributed by atoms with Gasteiger partial charge in [-0.05, 0) is 54.7 Å². The zero-order chi connectivity index (χ0) is 27.7. The topological polar surface area (TPSA) is 122 Å². The highest BCUT2D eigenvalue weighted by Crippen LogP contribution is 2.50. The van der Waals surface area contributed by atoms with Crippen LogP contribution in [0.3, 0.4) is 0 Å². The lowest BCUT2D eigenvalue weighted by Crippen LogP contribution is -2.40. The van der Waals surface area contributed by atoms with Gasteiger partial charge in [0.15, 0.2) is 5.78 Å². The van der Waals surface area contributed by atoms with Crippen LogP contribution in [0.1, 0.15) is 42.7 Å². The van der Waals surface area contributed by atoms with E-state index < -0.39 is 10.8 Å². The summed E-state index contributed by atoms with van der Waals surface area (Å²) < 4.78 is 5.57. The van der Waals surface area contributed by atoms with Crippen molar-refractivity contribution in [1.82, 2.24) is 0 Å². The van der Waals surface area contributed by atoms with E-state index in [-0.39, 0.29) is 45.9 Å². The lowest BCUT2D eigenvalue weighted by molar-refractivity contribution is -0.384. The molecule has 1 heterocycles. The first-order chi connectivity index (χ1) is 18.8. The number of nitrogens with two attached hydrogens (primary N) is 1. The number of ketones is 1. The molecule has 2 unspecified atom stereocenters. The Bertz CT molecular complexity index is 1560. The Hall–Kier alpha value is -4.61. The summed E-state index contributed by atoms with van der Waals surface area (Å²) in [5.41, 5.74) is 9.34. The Labute approximate surface area is 230 Å². The van der Waals surface area contributed by atoms with Gasteiger partial charge in [-0.2, -0.15) is 5.26 Å². The first kappa shape index (κ1) is 26.0. The molecule has 0 saturated heterocycles. The number of nitro benzene ring substituents is 1. The number of allylic oxidation sites excluding steroid dienone is 3. The van der Waals surface area contributed by atoms with Crippen molar-refractivity contribution in [3.05, 3.63) is 122 Å². The van der Waals surface area contributed by atoms with Crippen molar-refractivity contribution in [2.75, 3.05) is 11.5 Å². The van der Waals surface area contributed by atoms with Crippen molar-refractivity contribution in [2.45, 2.75) is 31.6 Å². The van der Waals surface area contributed by atoms with Gasteiger partial charge in [0.2, 0.25) is 0 Å². The number of hydrogen-bond donors (Lipinski definition) is 1. The molecule has 0 amide bonds. The van der Waals surface area contributed by atoms with E-state index >= 15 is 0 Å². The van der Waals surface area contributed by atoms with Crippen LogP contribution in [0.15, 0.2) is 95.5 Å². The van der Waals surface area contributed by atoms with Crippen molar-refractivity contribution >= 4 is 28.8 Å². The number of Topliss-reactive ketones (excluding diaryl/α,β-unsaturated/α-hetero) is 1. The number of hydrogen-bond acceptors (Lipinski definition) is 7. The number of anilines is 1. The van der Waals surface area contributed by atoms with E-state index in [4.69, 9.17) is 22.1 Å². The van der Waals surface area contributed by atoms with Crippen LogP contribution in [0.4, 0.5) is 11.4 Å². The SMILES string of the molecule is CCOc1ccc(C2C(C#N)=C(N)N(c3ccc(Cl)cc3[N+](=O)[O-])C3=C2C(=O)CC(c2ccccc2)C3)cc1. The van der Waals surface area contributed by atoms with Gasteiger partial charge < -0.3 is 10.5 Å². The molecular weight excluding hydrogens is 516 g/mol. The first-order valence-electron chi connectivity index (χ1n) is 12.5. The van der Waals surface area contributed by atoms with Crippen molar-refractivity contribution in [3.8, 4) is 11.8 Å². The van der Waals surface area contributed by atoms with Gasteiger partial charge in [-0.25, -0.2) is 0 Å². The Balaban J connectivity index is 1.74. The van der Waals surface area contributed by atoms with Gasteiger partial charge in [-0.3, -0.25) is 19.8 Å². The fraction of sp³-hybridized carbons (Fsp3) is 0.200. The number of rotatable bonds is 6. The van der Waals surface area contributed by atoms with Gasteiger partial charge in [-0.15, -0.1) is 0 Å². The minimum Gasteiger partial charge on any atom is -0.494 e. The standard InChI is InChI=1S/C30H25ClN4O4/c1-2-39-22-11-8-19(9-12-22)28-23(17-32)30(33)34(24-13-10-21(31)16-25(24)35(37)38)26-14-20(15-27(36)29(26)28)18-6-4-3-5-7-18/h3-13,16,20,28H,2,14-15,33H2,1H3. The molecule has 1 aliphatic heterocycles. The summed E-state index contributed by atoms with van der Waals surface area (Å²) in [6.07, 6.45) is 0.642. The zero-order valence-electron chi connectivity index (χ0n) is 21.1. The Morgan fingerprint density at radius 3 is 2.46 bits per heavy atom. The summed E-state index contributed by atoms with van der Waals surface area (Å²) >= 11 is 6.10. The third-order valence-corrected chi connectivity index (χ3v) is 7.37. The molecule has 0 radical (unpaired) electrons. The van der Waals surface area contributed by atoms with E-state index in [1.54, 1.807) is 12.1 Å². The molecule has 5 rings (SSSR count). The molecule has 9 heteroatoms. The van der Waals surface area contributed by atoms with E-state index in [9.17, 15) is 20.2 Å². The summed E-state index contributed by atoms with van der Waals surface area (Å²) in [5.74, 6) is -0.302. The third-order valence-electron chi connectivity index (χ3n) is 7.14. The predicted molar refractivity (Wildman–Crippen MR) is 148 cm³/mol. The number of halogens is 1. The minimum atomic E-state index is -0.715. The first-order valence-corrected chi connectivity index (χ1v) is 12.9. The van der Waals surface area contributed by atoms with Gasteiger partial charge in [0, 0.05) is 28.8 Å². The molecule has 0 fully saturated rings. The molecule has 2 atom stereocenters. The Morgan fingerprint density at radius 2 is 1.82 bits per heavy atom. The van der Waals surface area contributed by atoms with Crippen molar-refractivity contribution in [2.24, 2.45) is 5.73 Å². The largest absolute Gasteiger partial charge is 0.494 e. The second kappa shape index (κ2) is 10.6. The van der Waals surface area contributed by atoms with Crippen LogP contribution in [0, 0.1) is 21.4 Å². The average Bonchev–Trinajstić information content (AvgIpc) is 2.94. The lowest BCUT2D eigenvalue weighted by Gasteiger charge is -2.41. The molecule has 0 bridgehead atoms. The molecule has 0 aromatic heterocycles. The number of carbonyl (C=O) groups is 1. The monoisotopic (exact) mass is 540 g/mol. The van der Waals surface area contributed by atoms with E-state index in [1.165, 1.54) is 23.1 Å². The highest BCUT2D eigenvalue weighted by atomic mass is 35.5. The van der Waals surface area contributed by atoms with Gasteiger partial charge in [0.05, 0.1) is 29.1 Å². The Morgan fingerprint density at radius 1 is 1.10 bits per heavy atom. The number of nitro groups is 1. The number of nitriles is 1. The highest BCUT2D eigenvalue weighted by Gasteiger charge is 2.44. The van der Waals surface area contributed by atoms with Gasteiger partial charge >= 0.3 is 0 Å². The van der Waals surface area contributed by atoms with Crippen molar-refractivity contribution in [3.63, 3.8) is 0 Å². The zero-order valence-corrected chi connectivity index (χ0v) is 21.9. The number of nitrogens with zero attached hydrogens (tertiary/aromatic N) is 3. The summed E-state index contributed by atoms with van der Waals surface area (Å²) in [5, 5.41) is 22.5. The summed E-state index contributed by atoms with van der Waals surface area (Å²) in [6, 6.07) is 23.4. The highest BCUT2D eigenvalue weighted by molar-refractivity contribution is 6.31. The number of ether oxygens (including phenoxy) is 1. The summed E-state index contributed by atoms with van der Waals surface area (Å²) in [6.45, 7) is 2.39. The van der Waals surface area contributed by atoms with E-state index in [0.29, 0.717) is 35.6 Å². The van der Waals surface area contributed by atoms with Crippen LogP contribution < -0.4 is 15.4 Å². The molecule has 8 nitrogen and oxygen atoms in total. The molecule has 3 aromatic rings. The van der Waals surface area contributed by atoms with Gasteiger partial charge in [0.25, 0.3) is 5.69 Å². The lowest BCUT2D eigenvalue weighted by atomic mass is 9.72. The van der Waals surface area contributed by atoms with Gasteiger partial charge in [-0.1, -0.05) is 54.1 Å². The normalized spacial score (nSPS) is 19.0. The van der Waals surface area contributed by atoms with Crippen LogP contribution in [0.2, 0.25) is 5.02 Å².